The molecule has 1 heterocycles. The van der Waals surface area contributed by atoms with Gasteiger partial charge >= 0.3 is 0 Å². The highest BCUT2D eigenvalue weighted by molar-refractivity contribution is 14.1. The monoisotopic (exact) mass is 353 g/mol. The first-order chi connectivity index (χ1) is 8.68. The molecule has 0 saturated heterocycles. The van der Waals surface area contributed by atoms with Gasteiger partial charge in [0, 0.05) is 20.5 Å². The molecule has 0 saturated carbocycles. The van der Waals surface area contributed by atoms with Crippen molar-refractivity contribution in [2.45, 2.75) is 32.3 Å². The number of fused-ring (bicyclic) bond motifs is 1. The Kier molecular flexibility index (Phi) is 3.20. The van der Waals surface area contributed by atoms with E-state index in [1.165, 1.54) is 20.6 Å². The fourth-order valence-electron chi connectivity index (χ4n) is 2.85. The Morgan fingerprint density at radius 3 is 2.89 bits per heavy atom. The van der Waals surface area contributed by atoms with Gasteiger partial charge in [0.15, 0.2) is 0 Å². The normalized spacial score (nSPS) is 18.7. The van der Waals surface area contributed by atoms with Crippen LogP contribution < -0.4 is 0 Å². The van der Waals surface area contributed by atoms with Crippen molar-refractivity contribution in [1.29, 1.82) is 0 Å². The molecule has 0 fully saturated rings. The highest BCUT2D eigenvalue weighted by atomic mass is 127. The average Bonchev–Trinajstić information content (AvgIpc) is 2.68. The number of rotatable bonds is 1. The lowest BCUT2D eigenvalue weighted by molar-refractivity contribution is 0.156. The number of aromatic nitrogens is 1. The summed E-state index contributed by atoms with van der Waals surface area (Å²) in [4.78, 5) is 0. The van der Waals surface area contributed by atoms with Gasteiger partial charge in [0.2, 0.25) is 0 Å². The van der Waals surface area contributed by atoms with Crippen molar-refractivity contribution in [3.63, 3.8) is 0 Å². The summed E-state index contributed by atoms with van der Waals surface area (Å²) in [6, 6.07) is 10.5. The fraction of sp³-hybridized carbons (Fsp3) is 0.333. The molecule has 1 aliphatic carbocycles. The number of para-hydroxylation sites is 1. The van der Waals surface area contributed by atoms with Crippen molar-refractivity contribution in [2.24, 2.45) is 0 Å². The highest BCUT2D eigenvalue weighted by Crippen LogP contribution is 2.34. The van der Waals surface area contributed by atoms with E-state index in [0.717, 1.165) is 24.8 Å². The van der Waals surface area contributed by atoms with Gasteiger partial charge in [0.05, 0.1) is 11.8 Å². The molecule has 3 heteroatoms. The molecule has 1 aromatic carbocycles. The van der Waals surface area contributed by atoms with Crippen molar-refractivity contribution in [2.75, 3.05) is 0 Å². The average molecular weight is 353 g/mol. The molecular formula is C15H16INO. The van der Waals surface area contributed by atoms with Gasteiger partial charge in [-0.05, 0) is 67.0 Å². The van der Waals surface area contributed by atoms with Crippen molar-refractivity contribution >= 4 is 22.6 Å². The number of benzene rings is 1. The Labute approximate surface area is 121 Å². The Balaban J connectivity index is 2.22. The second-order valence-corrected chi connectivity index (χ2v) is 6.04. The quantitative estimate of drug-likeness (QED) is 0.776. The van der Waals surface area contributed by atoms with Gasteiger partial charge in [-0.25, -0.2) is 0 Å². The van der Waals surface area contributed by atoms with Crippen LogP contribution in [-0.2, 0) is 6.42 Å². The van der Waals surface area contributed by atoms with Crippen molar-refractivity contribution < 1.29 is 5.11 Å². The van der Waals surface area contributed by atoms with Crippen molar-refractivity contribution in [3.8, 4) is 5.69 Å². The number of halogens is 1. The number of nitrogens with zero attached hydrogens (tertiary/aromatic N) is 1. The third-order valence-corrected chi connectivity index (χ3v) is 4.58. The zero-order chi connectivity index (χ0) is 12.7. The van der Waals surface area contributed by atoms with Gasteiger partial charge in [-0.15, -0.1) is 0 Å². The van der Waals surface area contributed by atoms with Gasteiger partial charge in [0.25, 0.3) is 0 Å². The van der Waals surface area contributed by atoms with Gasteiger partial charge < -0.3 is 9.67 Å². The Morgan fingerprint density at radius 2 is 2.11 bits per heavy atom. The highest BCUT2D eigenvalue weighted by Gasteiger charge is 2.24. The summed E-state index contributed by atoms with van der Waals surface area (Å²) in [7, 11) is 0. The molecule has 0 spiro atoms. The van der Waals surface area contributed by atoms with E-state index in [1.54, 1.807) is 0 Å². The van der Waals surface area contributed by atoms with Crippen LogP contribution in [0.3, 0.4) is 0 Å². The molecule has 2 aromatic rings. The first-order valence-electron chi connectivity index (χ1n) is 6.32. The lowest BCUT2D eigenvalue weighted by Gasteiger charge is -2.21. The Bertz CT molecular complexity index is 588. The predicted molar refractivity (Wildman–Crippen MR) is 81.1 cm³/mol. The van der Waals surface area contributed by atoms with Crippen LogP contribution in [0, 0.1) is 10.5 Å². The zero-order valence-electron chi connectivity index (χ0n) is 10.4. The molecule has 18 heavy (non-hydrogen) atoms. The van der Waals surface area contributed by atoms with Crippen LogP contribution in [0.1, 0.15) is 35.9 Å². The van der Waals surface area contributed by atoms with Crippen LogP contribution in [0.25, 0.3) is 5.69 Å². The van der Waals surface area contributed by atoms with E-state index in [2.05, 4.69) is 64.4 Å². The fourth-order valence-corrected chi connectivity index (χ4v) is 3.47. The number of aryl methyl sites for hydroxylation is 1. The van der Waals surface area contributed by atoms with Crippen LogP contribution >= 0.6 is 22.6 Å². The van der Waals surface area contributed by atoms with E-state index < -0.39 is 0 Å². The third-order valence-electron chi connectivity index (χ3n) is 3.66. The maximum absolute atomic E-state index is 10.1. The van der Waals surface area contributed by atoms with E-state index in [4.69, 9.17) is 0 Å². The molecular weight excluding hydrogens is 337 g/mol. The summed E-state index contributed by atoms with van der Waals surface area (Å²) >= 11 is 2.37. The molecule has 1 aromatic heterocycles. The molecule has 1 unspecified atom stereocenters. The molecule has 1 N–H and O–H groups in total. The summed E-state index contributed by atoms with van der Waals surface area (Å²) in [6.07, 6.45) is 2.74. The molecule has 3 rings (SSSR count). The minimum atomic E-state index is -0.282. The number of hydrogen-bond acceptors (Lipinski definition) is 1. The molecule has 0 aliphatic heterocycles. The molecule has 1 aliphatic rings. The first-order valence-corrected chi connectivity index (χ1v) is 7.40. The van der Waals surface area contributed by atoms with Crippen LogP contribution in [0.15, 0.2) is 30.3 Å². The van der Waals surface area contributed by atoms with E-state index >= 15 is 0 Å². The minimum Gasteiger partial charge on any atom is -0.388 e. The minimum absolute atomic E-state index is 0.282. The lowest BCUT2D eigenvalue weighted by atomic mass is 9.95. The molecule has 0 amide bonds. The van der Waals surface area contributed by atoms with Gasteiger partial charge in [-0.3, -0.25) is 0 Å². The van der Waals surface area contributed by atoms with Crippen LogP contribution in [0.2, 0.25) is 0 Å². The van der Waals surface area contributed by atoms with E-state index in [9.17, 15) is 5.11 Å². The number of aliphatic hydroxyl groups excluding tert-OH is 1. The topological polar surface area (TPSA) is 25.2 Å². The SMILES string of the molecule is Cc1cc2c(n1-c1ccccc1I)CCCC2O. The molecule has 0 radical (unpaired) electrons. The number of hydrogen-bond donors (Lipinski definition) is 1. The summed E-state index contributed by atoms with van der Waals surface area (Å²) < 4.78 is 3.55. The van der Waals surface area contributed by atoms with Crippen molar-refractivity contribution in [3.05, 3.63) is 50.9 Å². The summed E-state index contributed by atoms with van der Waals surface area (Å²) in [5, 5.41) is 10.1. The second-order valence-electron chi connectivity index (χ2n) is 4.88. The molecule has 0 bridgehead atoms. The Morgan fingerprint density at radius 1 is 1.33 bits per heavy atom. The number of aliphatic hydroxyl groups is 1. The maximum Gasteiger partial charge on any atom is 0.0807 e. The smallest absolute Gasteiger partial charge is 0.0807 e. The van der Waals surface area contributed by atoms with Gasteiger partial charge in [0.1, 0.15) is 0 Å². The predicted octanol–water partition coefficient (Wildman–Crippen LogP) is 3.76. The summed E-state index contributed by atoms with van der Waals surface area (Å²) in [6.45, 7) is 2.12. The standard InChI is InChI=1S/C15H16INO/c1-10-9-11-13(7-4-8-15(11)18)17(10)14-6-3-2-5-12(14)16/h2-3,5-6,9,15,18H,4,7-8H2,1H3. The van der Waals surface area contributed by atoms with Crippen LogP contribution in [0.5, 0.6) is 0 Å². The zero-order valence-corrected chi connectivity index (χ0v) is 12.5. The van der Waals surface area contributed by atoms with Crippen LogP contribution in [-0.4, -0.2) is 9.67 Å². The molecule has 1 atom stereocenters. The first kappa shape index (κ1) is 12.2. The van der Waals surface area contributed by atoms with Gasteiger partial charge in [-0.2, -0.15) is 0 Å². The lowest BCUT2D eigenvalue weighted by Crippen LogP contribution is -2.12. The third kappa shape index (κ3) is 1.89. The largest absolute Gasteiger partial charge is 0.388 e. The van der Waals surface area contributed by atoms with E-state index in [0.29, 0.717) is 0 Å². The molecule has 94 valence electrons. The molecule has 2 nitrogen and oxygen atoms in total. The second kappa shape index (κ2) is 4.70. The van der Waals surface area contributed by atoms with Gasteiger partial charge in [-0.1, -0.05) is 12.1 Å². The van der Waals surface area contributed by atoms with E-state index in [1.807, 2.05) is 0 Å². The van der Waals surface area contributed by atoms with Crippen LogP contribution in [0.4, 0.5) is 0 Å². The summed E-state index contributed by atoms with van der Waals surface area (Å²) in [5.74, 6) is 0. The Hall–Kier alpha value is -0.810. The van der Waals surface area contributed by atoms with E-state index in [-0.39, 0.29) is 6.10 Å². The summed E-state index contributed by atoms with van der Waals surface area (Å²) in [5.41, 5.74) is 4.85. The maximum atomic E-state index is 10.1. The van der Waals surface area contributed by atoms with Crippen molar-refractivity contribution in [1.82, 2.24) is 4.57 Å².